The van der Waals surface area contributed by atoms with Gasteiger partial charge < -0.3 is 19.5 Å². The van der Waals surface area contributed by atoms with Gasteiger partial charge in [-0.3, -0.25) is 9.69 Å². The number of piperazine rings is 1. The van der Waals surface area contributed by atoms with Crippen LogP contribution in [0.5, 0.6) is 17.2 Å². The molecule has 1 N–H and O–H groups in total. The van der Waals surface area contributed by atoms with Gasteiger partial charge in [0.15, 0.2) is 11.5 Å². The number of halogens is 2. The summed E-state index contributed by atoms with van der Waals surface area (Å²) in [6.45, 7) is 6.28. The van der Waals surface area contributed by atoms with Crippen LogP contribution < -0.4 is 9.47 Å². The minimum Gasteiger partial charge on any atom is -0.503 e. The third-order valence-corrected chi connectivity index (χ3v) is 5.26. The number of rotatable bonds is 7. The summed E-state index contributed by atoms with van der Waals surface area (Å²) in [7, 11) is 0. The van der Waals surface area contributed by atoms with E-state index in [2.05, 4.69) is 4.90 Å². The van der Waals surface area contributed by atoms with Crippen molar-refractivity contribution in [3.63, 3.8) is 0 Å². The van der Waals surface area contributed by atoms with E-state index >= 15 is 0 Å². The molecule has 0 aromatic heterocycles. The molecule has 2 aromatic carbocycles. The number of hydrogen-bond acceptors (Lipinski definition) is 5. The van der Waals surface area contributed by atoms with Gasteiger partial charge in [-0.15, -0.1) is 0 Å². The topological polar surface area (TPSA) is 62.2 Å². The highest BCUT2D eigenvalue weighted by molar-refractivity contribution is 6.32. The van der Waals surface area contributed by atoms with Crippen molar-refractivity contribution in [3.8, 4) is 17.2 Å². The predicted octanol–water partition coefficient (Wildman–Crippen LogP) is 3.93. The van der Waals surface area contributed by atoms with E-state index < -0.39 is 0 Å². The third kappa shape index (κ3) is 5.69. The molecular formula is C21H24Cl2N2O4. The van der Waals surface area contributed by atoms with Gasteiger partial charge in [0.2, 0.25) is 0 Å². The summed E-state index contributed by atoms with van der Waals surface area (Å²) in [5.41, 5.74) is 0.413. The maximum Gasteiger partial charge on any atom is 0.254 e. The Kier molecular flexibility index (Phi) is 7.47. The van der Waals surface area contributed by atoms with Crippen molar-refractivity contribution in [1.82, 2.24) is 9.80 Å². The van der Waals surface area contributed by atoms with Crippen molar-refractivity contribution in [2.24, 2.45) is 0 Å². The van der Waals surface area contributed by atoms with Crippen LogP contribution in [0.15, 0.2) is 36.4 Å². The first-order valence-electron chi connectivity index (χ1n) is 9.53. The number of phenols is 1. The van der Waals surface area contributed by atoms with Crippen LogP contribution in [0.4, 0.5) is 0 Å². The first-order chi connectivity index (χ1) is 14.0. The SMILES string of the molecule is CCOc1cc(C(=O)N2CCN(CCOc3ccc(Cl)cc3)CC2)cc(Cl)c1O. The molecule has 2 aromatic rings. The summed E-state index contributed by atoms with van der Waals surface area (Å²) in [5, 5.41) is 10.7. The van der Waals surface area contributed by atoms with E-state index in [0.717, 1.165) is 25.4 Å². The lowest BCUT2D eigenvalue weighted by Gasteiger charge is -2.34. The van der Waals surface area contributed by atoms with Crippen molar-refractivity contribution in [2.75, 3.05) is 45.9 Å². The average molecular weight is 439 g/mol. The van der Waals surface area contributed by atoms with Gasteiger partial charge in [-0.25, -0.2) is 0 Å². The summed E-state index contributed by atoms with van der Waals surface area (Å²) >= 11 is 11.9. The summed E-state index contributed by atoms with van der Waals surface area (Å²) in [4.78, 5) is 16.9. The van der Waals surface area contributed by atoms with Crippen molar-refractivity contribution < 1.29 is 19.4 Å². The Morgan fingerprint density at radius 2 is 1.76 bits per heavy atom. The second kappa shape index (κ2) is 10.1. The van der Waals surface area contributed by atoms with Crippen LogP contribution in [-0.2, 0) is 0 Å². The van der Waals surface area contributed by atoms with Crippen LogP contribution in [0, 0.1) is 0 Å². The van der Waals surface area contributed by atoms with Crippen molar-refractivity contribution >= 4 is 29.1 Å². The fourth-order valence-electron chi connectivity index (χ4n) is 3.14. The molecule has 1 aliphatic heterocycles. The number of amides is 1. The van der Waals surface area contributed by atoms with Crippen LogP contribution in [0.25, 0.3) is 0 Å². The van der Waals surface area contributed by atoms with E-state index in [-0.39, 0.29) is 22.4 Å². The minimum absolute atomic E-state index is 0.109. The molecular weight excluding hydrogens is 415 g/mol. The van der Waals surface area contributed by atoms with Crippen LogP contribution in [0.3, 0.4) is 0 Å². The fraction of sp³-hybridized carbons (Fsp3) is 0.381. The van der Waals surface area contributed by atoms with E-state index in [1.165, 1.54) is 6.07 Å². The second-order valence-corrected chi connectivity index (χ2v) is 7.52. The molecule has 0 aliphatic carbocycles. The Morgan fingerprint density at radius 1 is 1.07 bits per heavy atom. The van der Waals surface area contributed by atoms with Crippen molar-refractivity contribution in [3.05, 3.63) is 52.0 Å². The van der Waals surface area contributed by atoms with E-state index in [0.29, 0.717) is 36.9 Å². The number of ether oxygens (including phenoxy) is 2. The third-order valence-electron chi connectivity index (χ3n) is 4.72. The maximum absolute atomic E-state index is 12.8. The molecule has 1 heterocycles. The number of nitrogens with zero attached hydrogens (tertiary/aromatic N) is 2. The molecule has 29 heavy (non-hydrogen) atoms. The maximum atomic E-state index is 12.8. The monoisotopic (exact) mass is 438 g/mol. The number of aromatic hydroxyl groups is 1. The zero-order valence-corrected chi connectivity index (χ0v) is 17.7. The second-order valence-electron chi connectivity index (χ2n) is 6.67. The van der Waals surface area contributed by atoms with Gasteiger partial charge in [0.25, 0.3) is 5.91 Å². The first kappa shape index (κ1) is 21.6. The summed E-state index contributed by atoms with van der Waals surface area (Å²) in [6.07, 6.45) is 0. The van der Waals surface area contributed by atoms with E-state index in [1.807, 2.05) is 12.1 Å². The van der Waals surface area contributed by atoms with Gasteiger partial charge in [-0.2, -0.15) is 0 Å². The number of hydrogen-bond donors (Lipinski definition) is 1. The van der Waals surface area contributed by atoms with Gasteiger partial charge in [0.05, 0.1) is 11.6 Å². The van der Waals surface area contributed by atoms with E-state index in [4.69, 9.17) is 32.7 Å². The number of carbonyl (C=O) groups excluding carboxylic acids is 1. The molecule has 1 saturated heterocycles. The molecule has 8 heteroatoms. The van der Waals surface area contributed by atoms with Gasteiger partial charge in [-0.1, -0.05) is 23.2 Å². The summed E-state index contributed by atoms with van der Waals surface area (Å²) in [5.74, 6) is 0.749. The van der Waals surface area contributed by atoms with Gasteiger partial charge >= 0.3 is 0 Å². The van der Waals surface area contributed by atoms with Crippen LogP contribution in [0.2, 0.25) is 10.0 Å². The molecule has 0 atom stereocenters. The van der Waals surface area contributed by atoms with Crippen LogP contribution in [0.1, 0.15) is 17.3 Å². The highest BCUT2D eigenvalue weighted by Crippen LogP contribution is 2.35. The van der Waals surface area contributed by atoms with Crippen LogP contribution in [-0.4, -0.2) is 66.8 Å². The Balaban J connectivity index is 1.50. The molecule has 1 amide bonds. The molecule has 6 nitrogen and oxygen atoms in total. The molecule has 0 saturated carbocycles. The van der Waals surface area contributed by atoms with Gasteiger partial charge in [-0.05, 0) is 43.3 Å². The van der Waals surface area contributed by atoms with E-state index in [1.54, 1.807) is 30.0 Å². The zero-order valence-electron chi connectivity index (χ0n) is 16.2. The Labute approximate surface area is 180 Å². The Hall–Kier alpha value is -2.15. The molecule has 0 unspecified atom stereocenters. The molecule has 156 valence electrons. The predicted molar refractivity (Wildman–Crippen MR) is 114 cm³/mol. The van der Waals surface area contributed by atoms with Crippen molar-refractivity contribution in [2.45, 2.75) is 6.92 Å². The Morgan fingerprint density at radius 3 is 2.41 bits per heavy atom. The summed E-state index contributed by atoms with van der Waals surface area (Å²) in [6, 6.07) is 10.3. The largest absolute Gasteiger partial charge is 0.503 e. The summed E-state index contributed by atoms with van der Waals surface area (Å²) < 4.78 is 11.1. The van der Waals surface area contributed by atoms with Gasteiger partial charge in [0, 0.05) is 43.3 Å². The molecule has 0 spiro atoms. The number of benzene rings is 2. The molecule has 3 rings (SSSR count). The first-order valence-corrected chi connectivity index (χ1v) is 10.3. The van der Waals surface area contributed by atoms with Crippen molar-refractivity contribution in [1.29, 1.82) is 0 Å². The zero-order chi connectivity index (χ0) is 20.8. The molecule has 0 bridgehead atoms. The minimum atomic E-state index is -0.143. The lowest BCUT2D eigenvalue weighted by Crippen LogP contribution is -2.49. The standard InChI is InChI=1S/C21H24Cl2N2O4/c1-2-28-19-14-15(13-18(23)20(19)26)21(27)25-9-7-24(8-10-25)11-12-29-17-5-3-16(22)4-6-17/h3-6,13-14,26H,2,7-12H2,1H3. The molecule has 1 aliphatic rings. The normalized spacial score (nSPS) is 14.7. The molecule has 0 radical (unpaired) electrons. The number of phenolic OH excluding ortho intramolecular Hbond substituents is 1. The highest BCUT2D eigenvalue weighted by atomic mass is 35.5. The number of carbonyl (C=O) groups is 1. The fourth-order valence-corrected chi connectivity index (χ4v) is 3.48. The Bertz CT molecular complexity index is 837. The lowest BCUT2D eigenvalue weighted by molar-refractivity contribution is 0.0620. The lowest BCUT2D eigenvalue weighted by atomic mass is 10.1. The highest BCUT2D eigenvalue weighted by Gasteiger charge is 2.24. The smallest absolute Gasteiger partial charge is 0.254 e. The molecule has 1 fully saturated rings. The van der Waals surface area contributed by atoms with Gasteiger partial charge in [0.1, 0.15) is 12.4 Å². The quantitative estimate of drug-likeness (QED) is 0.709. The van der Waals surface area contributed by atoms with E-state index in [9.17, 15) is 9.90 Å². The van der Waals surface area contributed by atoms with Crippen LogP contribution >= 0.6 is 23.2 Å². The average Bonchev–Trinajstić information content (AvgIpc) is 2.73.